The van der Waals surface area contributed by atoms with Crippen LogP contribution in [-0.2, 0) is 4.79 Å². The van der Waals surface area contributed by atoms with Crippen LogP contribution in [-0.4, -0.2) is 28.2 Å². The Hall–Kier alpha value is -3.36. The second-order valence-corrected chi connectivity index (χ2v) is 6.85. The summed E-state index contributed by atoms with van der Waals surface area (Å²) in [6.45, 7) is 1.25. The maximum atomic E-state index is 12.2. The predicted octanol–water partition coefficient (Wildman–Crippen LogP) is 3.36. The SMILES string of the molecule is Cc1ccc(OCC(=O)Nc2ccc3c(c2)OC2(CCCC2)O3)c([N+](=O)[O-])n1. The second-order valence-electron chi connectivity index (χ2n) is 6.85. The van der Waals surface area contributed by atoms with E-state index in [1.54, 1.807) is 31.2 Å². The monoisotopic (exact) mass is 385 g/mol. The summed E-state index contributed by atoms with van der Waals surface area (Å²) in [5.74, 6) is -0.232. The summed E-state index contributed by atoms with van der Waals surface area (Å²) in [7, 11) is 0. The number of aryl methyl sites for hydroxylation is 1. The first-order chi connectivity index (χ1) is 13.4. The van der Waals surface area contributed by atoms with Crippen molar-refractivity contribution < 1.29 is 23.9 Å². The van der Waals surface area contributed by atoms with E-state index in [-0.39, 0.29) is 12.4 Å². The van der Waals surface area contributed by atoms with Gasteiger partial charge in [-0.3, -0.25) is 4.79 Å². The maximum absolute atomic E-state index is 12.2. The lowest BCUT2D eigenvalue weighted by Crippen LogP contribution is -2.34. The molecule has 2 aromatic rings. The van der Waals surface area contributed by atoms with Crippen LogP contribution < -0.4 is 19.5 Å². The minimum atomic E-state index is -0.642. The summed E-state index contributed by atoms with van der Waals surface area (Å²) in [5.41, 5.74) is 1.02. The van der Waals surface area contributed by atoms with E-state index in [4.69, 9.17) is 14.2 Å². The van der Waals surface area contributed by atoms with Crippen LogP contribution in [0.1, 0.15) is 31.4 Å². The molecule has 4 rings (SSSR count). The number of hydrogen-bond acceptors (Lipinski definition) is 7. The molecule has 2 heterocycles. The molecule has 1 aliphatic heterocycles. The summed E-state index contributed by atoms with van der Waals surface area (Å²) in [4.78, 5) is 26.4. The number of nitro groups is 1. The van der Waals surface area contributed by atoms with E-state index in [1.165, 1.54) is 6.07 Å². The Morgan fingerprint density at radius 1 is 1.25 bits per heavy atom. The largest absolute Gasteiger partial charge is 0.476 e. The van der Waals surface area contributed by atoms with Crippen molar-refractivity contribution >= 4 is 17.4 Å². The molecule has 9 nitrogen and oxygen atoms in total. The second kappa shape index (κ2) is 6.99. The van der Waals surface area contributed by atoms with Crippen LogP contribution in [0.15, 0.2) is 30.3 Å². The van der Waals surface area contributed by atoms with E-state index in [0.717, 1.165) is 25.7 Å². The van der Waals surface area contributed by atoms with Gasteiger partial charge in [0.15, 0.2) is 18.1 Å². The minimum Gasteiger partial charge on any atom is -0.476 e. The van der Waals surface area contributed by atoms with Gasteiger partial charge in [-0.05, 0) is 47.0 Å². The molecular weight excluding hydrogens is 366 g/mol. The van der Waals surface area contributed by atoms with Crippen molar-refractivity contribution in [3.63, 3.8) is 0 Å². The molecule has 146 valence electrons. The highest BCUT2D eigenvalue weighted by Gasteiger charge is 2.44. The Labute approximate surface area is 160 Å². The molecule has 0 atom stereocenters. The quantitative estimate of drug-likeness (QED) is 0.620. The number of rotatable bonds is 5. The van der Waals surface area contributed by atoms with Crippen LogP contribution in [0.3, 0.4) is 0 Å². The van der Waals surface area contributed by atoms with Gasteiger partial charge >= 0.3 is 5.82 Å². The Kier molecular flexibility index (Phi) is 4.50. The fraction of sp³-hybridized carbons (Fsp3) is 0.368. The molecule has 1 saturated carbocycles. The van der Waals surface area contributed by atoms with Gasteiger partial charge in [0.1, 0.15) is 5.69 Å². The molecule has 9 heteroatoms. The van der Waals surface area contributed by atoms with Crippen LogP contribution in [0.25, 0.3) is 0 Å². The normalized spacial score (nSPS) is 16.2. The predicted molar refractivity (Wildman–Crippen MR) is 98.7 cm³/mol. The number of nitrogens with one attached hydrogen (secondary N) is 1. The average Bonchev–Trinajstić information content (AvgIpc) is 3.26. The molecule has 1 aliphatic carbocycles. The zero-order valence-electron chi connectivity index (χ0n) is 15.3. The number of amides is 1. The van der Waals surface area contributed by atoms with E-state index < -0.39 is 22.4 Å². The molecule has 0 saturated heterocycles. The first-order valence-corrected chi connectivity index (χ1v) is 9.01. The number of pyridine rings is 1. The van der Waals surface area contributed by atoms with Crippen LogP contribution in [0, 0.1) is 17.0 Å². The van der Waals surface area contributed by atoms with Gasteiger partial charge in [0.05, 0.1) is 0 Å². The third-order valence-electron chi connectivity index (χ3n) is 4.70. The van der Waals surface area contributed by atoms with Gasteiger partial charge in [-0.1, -0.05) is 0 Å². The third-order valence-corrected chi connectivity index (χ3v) is 4.70. The molecule has 1 fully saturated rings. The molecule has 1 amide bonds. The molecule has 0 bridgehead atoms. The maximum Gasteiger partial charge on any atom is 0.406 e. The molecule has 28 heavy (non-hydrogen) atoms. The smallest absolute Gasteiger partial charge is 0.406 e. The van der Waals surface area contributed by atoms with Crippen LogP contribution >= 0.6 is 0 Å². The van der Waals surface area contributed by atoms with E-state index in [9.17, 15) is 14.9 Å². The number of hydrogen-bond donors (Lipinski definition) is 1. The molecule has 0 radical (unpaired) electrons. The lowest BCUT2D eigenvalue weighted by Gasteiger charge is -2.21. The molecule has 1 N–H and O–H groups in total. The third kappa shape index (κ3) is 3.55. The number of carbonyl (C=O) groups is 1. The van der Waals surface area contributed by atoms with Crippen molar-refractivity contribution in [2.24, 2.45) is 0 Å². The summed E-state index contributed by atoms with van der Waals surface area (Å²) < 4.78 is 17.2. The van der Waals surface area contributed by atoms with Gasteiger partial charge in [-0.25, -0.2) is 0 Å². The Balaban J connectivity index is 1.39. The number of fused-ring (bicyclic) bond motifs is 1. The molecule has 1 aromatic carbocycles. The lowest BCUT2D eigenvalue weighted by atomic mass is 10.2. The topological polar surface area (TPSA) is 113 Å². The van der Waals surface area contributed by atoms with Crippen molar-refractivity contribution in [3.8, 4) is 17.2 Å². The molecule has 2 aliphatic rings. The summed E-state index contributed by atoms with van der Waals surface area (Å²) in [5, 5.41) is 13.8. The Bertz CT molecular complexity index is 939. The number of ether oxygens (including phenoxy) is 3. The molecular formula is C19H19N3O6. The average molecular weight is 385 g/mol. The van der Waals surface area contributed by atoms with E-state index in [0.29, 0.717) is 22.9 Å². The lowest BCUT2D eigenvalue weighted by molar-refractivity contribution is -0.390. The van der Waals surface area contributed by atoms with Crippen molar-refractivity contribution in [2.45, 2.75) is 38.4 Å². The van der Waals surface area contributed by atoms with Crippen molar-refractivity contribution in [1.29, 1.82) is 0 Å². The Morgan fingerprint density at radius 2 is 2.00 bits per heavy atom. The highest BCUT2D eigenvalue weighted by molar-refractivity contribution is 5.92. The van der Waals surface area contributed by atoms with Gasteiger partial charge in [0, 0.05) is 31.5 Å². The number of benzene rings is 1. The van der Waals surface area contributed by atoms with E-state index in [2.05, 4.69) is 10.3 Å². The van der Waals surface area contributed by atoms with Gasteiger partial charge in [-0.15, -0.1) is 0 Å². The number of aromatic nitrogens is 1. The molecule has 1 spiro atoms. The van der Waals surface area contributed by atoms with E-state index in [1.807, 2.05) is 0 Å². The van der Waals surface area contributed by atoms with Crippen LogP contribution in [0.5, 0.6) is 17.2 Å². The minimum absolute atomic E-state index is 0.0559. The zero-order valence-corrected chi connectivity index (χ0v) is 15.3. The standard InChI is InChI=1S/C19H19N3O6/c1-12-4-6-15(18(20-12)22(24)25)26-11-17(23)21-13-5-7-14-16(10-13)28-19(27-14)8-2-3-9-19/h4-7,10H,2-3,8-9,11H2,1H3,(H,21,23). The number of carbonyl (C=O) groups excluding carboxylic acids is 1. The highest BCUT2D eigenvalue weighted by atomic mass is 16.7. The first-order valence-electron chi connectivity index (χ1n) is 9.01. The van der Waals surface area contributed by atoms with Gasteiger partial charge in [0.25, 0.3) is 11.7 Å². The number of nitrogens with zero attached hydrogens (tertiary/aromatic N) is 2. The van der Waals surface area contributed by atoms with Crippen molar-refractivity contribution in [2.75, 3.05) is 11.9 Å². The van der Waals surface area contributed by atoms with Gasteiger partial charge in [-0.2, -0.15) is 0 Å². The van der Waals surface area contributed by atoms with Crippen molar-refractivity contribution in [3.05, 3.63) is 46.1 Å². The van der Waals surface area contributed by atoms with Gasteiger partial charge in [0.2, 0.25) is 5.75 Å². The molecule has 0 unspecified atom stereocenters. The van der Waals surface area contributed by atoms with Gasteiger partial charge < -0.3 is 29.6 Å². The number of anilines is 1. The zero-order chi connectivity index (χ0) is 19.7. The summed E-state index contributed by atoms with van der Waals surface area (Å²) in [6.07, 6.45) is 3.82. The van der Waals surface area contributed by atoms with Crippen LogP contribution in [0.2, 0.25) is 0 Å². The molecule has 1 aromatic heterocycles. The summed E-state index contributed by atoms with van der Waals surface area (Å²) >= 11 is 0. The fourth-order valence-electron chi connectivity index (χ4n) is 3.40. The fourth-order valence-corrected chi connectivity index (χ4v) is 3.40. The van der Waals surface area contributed by atoms with Crippen LogP contribution in [0.4, 0.5) is 11.5 Å². The van der Waals surface area contributed by atoms with Crippen molar-refractivity contribution in [1.82, 2.24) is 4.98 Å². The first kappa shape index (κ1) is 18.0. The van der Waals surface area contributed by atoms with E-state index >= 15 is 0 Å². The highest BCUT2D eigenvalue weighted by Crippen LogP contribution is 2.47. The Morgan fingerprint density at radius 3 is 2.75 bits per heavy atom. The summed E-state index contributed by atoms with van der Waals surface area (Å²) in [6, 6.07) is 8.18.